The van der Waals surface area contributed by atoms with Crippen LogP contribution in [0.2, 0.25) is 0 Å². The van der Waals surface area contributed by atoms with Crippen LogP contribution < -0.4 is 0 Å². The lowest BCUT2D eigenvalue weighted by Crippen LogP contribution is -2.01. The number of rotatable bonds is 1. The van der Waals surface area contributed by atoms with Crippen molar-refractivity contribution in [3.05, 3.63) is 33.6 Å². The van der Waals surface area contributed by atoms with Crippen LogP contribution >= 0.6 is 15.9 Å². The average molecular weight is 255 g/mol. The Kier molecular flexibility index (Phi) is 2.98. The van der Waals surface area contributed by atoms with Crippen LogP contribution in [-0.4, -0.2) is 5.11 Å². The summed E-state index contributed by atoms with van der Waals surface area (Å²) in [5.74, 6) is -3.49. The Morgan fingerprint density at radius 3 is 2.31 bits per heavy atom. The molecule has 0 heterocycles. The Hall–Kier alpha value is -0.550. The third-order valence-corrected chi connectivity index (χ3v) is 2.31. The molecule has 0 aliphatic heterocycles. The van der Waals surface area contributed by atoms with Crippen molar-refractivity contribution in [3.63, 3.8) is 0 Å². The van der Waals surface area contributed by atoms with Crippen LogP contribution in [-0.2, 0) is 0 Å². The topological polar surface area (TPSA) is 20.2 Å². The van der Waals surface area contributed by atoms with Crippen molar-refractivity contribution < 1.29 is 18.3 Å². The summed E-state index contributed by atoms with van der Waals surface area (Å²) in [5.41, 5.74) is -0.391. The van der Waals surface area contributed by atoms with Crippen molar-refractivity contribution >= 4 is 15.9 Å². The van der Waals surface area contributed by atoms with Gasteiger partial charge < -0.3 is 5.11 Å². The second-order valence-electron chi connectivity index (χ2n) is 2.57. The highest BCUT2D eigenvalue weighted by Gasteiger charge is 2.19. The molecule has 0 radical (unpaired) electrons. The predicted molar refractivity (Wildman–Crippen MR) is 44.6 cm³/mol. The molecule has 0 saturated carbocycles. The molecular formula is C8H6BrF3O. The number of halogens is 4. The molecule has 0 aliphatic rings. The average Bonchev–Trinajstić information content (AvgIpc) is 2.07. The number of aliphatic hydroxyl groups excluding tert-OH is 1. The SMILES string of the molecule is CC(O)c1cc(F)c(Br)c(F)c1F. The van der Waals surface area contributed by atoms with E-state index in [2.05, 4.69) is 15.9 Å². The lowest BCUT2D eigenvalue weighted by Gasteiger charge is -2.08. The zero-order valence-corrected chi connectivity index (χ0v) is 8.20. The van der Waals surface area contributed by atoms with Gasteiger partial charge in [-0.15, -0.1) is 0 Å². The van der Waals surface area contributed by atoms with E-state index in [1.54, 1.807) is 0 Å². The first-order chi connectivity index (χ1) is 5.95. The summed E-state index contributed by atoms with van der Waals surface area (Å²) >= 11 is 2.54. The van der Waals surface area contributed by atoms with Crippen molar-refractivity contribution in [1.29, 1.82) is 0 Å². The minimum Gasteiger partial charge on any atom is -0.389 e. The highest BCUT2D eigenvalue weighted by Crippen LogP contribution is 2.27. The summed E-state index contributed by atoms with van der Waals surface area (Å²) in [6.45, 7) is 1.23. The van der Waals surface area contributed by atoms with E-state index < -0.39 is 33.6 Å². The van der Waals surface area contributed by atoms with Gasteiger partial charge in [0.15, 0.2) is 11.6 Å². The molecule has 0 saturated heterocycles. The van der Waals surface area contributed by atoms with E-state index in [4.69, 9.17) is 5.11 Å². The molecule has 0 aliphatic carbocycles. The second-order valence-corrected chi connectivity index (χ2v) is 3.36. The maximum Gasteiger partial charge on any atom is 0.176 e. The number of benzene rings is 1. The number of aliphatic hydroxyl groups is 1. The third-order valence-electron chi connectivity index (χ3n) is 1.58. The molecule has 1 N–H and O–H groups in total. The molecule has 72 valence electrons. The molecule has 1 atom stereocenters. The Bertz CT molecular complexity index is 339. The summed E-state index contributed by atoms with van der Waals surface area (Å²) in [5, 5.41) is 8.96. The van der Waals surface area contributed by atoms with Crippen molar-refractivity contribution in [1.82, 2.24) is 0 Å². The van der Waals surface area contributed by atoms with Gasteiger partial charge in [0, 0.05) is 5.56 Å². The molecule has 1 nitrogen and oxygen atoms in total. The van der Waals surface area contributed by atoms with Gasteiger partial charge in [0.05, 0.1) is 10.6 Å². The molecule has 13 heavy (non-hydrogen) atoms. The number of hydrogen-bond donors (Lipinski definition) is 1. The van der Waals surface area contributed by atoms with Crippen LogP contribution in [0, 0.1) is 17.5 Å². The molecule has 1 aromatic rings. The van der Waals surface area contributed by atoms with E-state index in [0.717, 1.165) is 6.07 Å². The van der Waals surface area contributed by atoms with Crippen molar-refractivity contribution in [2.75, 3.05) is 0 Å². The highest BCUT2D eigenvalue weighted by atomic mass is 79.9. The zero-order valence-electron chi connectivity index (χ0n) is 6.61. The van der Waals surface area contributed by atoms with Gasteiger partial charge >= 0.3 is 0 Å². The lowest BCUT2D eigenvalue weighted by atomic mass is 10.1. The van der Waals surface area contributed by atoms with E-state index >= 15 is 0 Å². The first-order valence-electron chi connectivity index (χ1n) is 3.46. The van der Waals surface area contributed by atoms with Crippen LogP contribution in [0.1, 0.15) is 18.6 Å². The highest BCUT2D eigenvalue weighted by molar-refractivity contribution is 9.10. The van der Waals surface area contributed by atoms with Crippen molar-refractivity contribution in [3.8, 4) is 0 Å². The van der Waals surface area contributed by atoms with Gasteiger partial charge in [-0.2, -0.15) is 0 Å². The molecule has 0 fully saturated rings. The maximum atomic E-state index is 13.0. The Morgan fingerprint density at radius 1 is 1.31 bits per heavy atom. The summed E-state index contributed by atoms with van der Waals surface area (Å²) < 4.78 is 38.1. The standard InChI is InChI=1S/C8H6BrF3O/c1-3(13)4-2-5(10)6(9)8(12)7(4)11/h2-3,13H,1H3. The van der Waals surface area contributed by atoms with Crippen molar-refractivity contribution in [2.45, 2.75) is 13.0 Å². The summed E-state index contributed by atoms with van der Waals surface area (Å²) in [6.07, 6.45) is -1.24. The van der Waals surface area contributed by atoms with Gasteiger partial charge in [-0.25, -0.2) is 13.2 Å². The first kappa shape index (κ1) is 10.5. The van der Waals surface area contributed by atoms with Gasteiger partial charge in [0.1, 0.15) is 5.82 Å². The van der Waals surface area contributed by atoms with Crippen LogP contribution in [0.25, 0.3) is 0 Å². The smallest absolute Gasteiger partial charge is 0.176 e. The molecular weight excluding hydrogens is 249 g/mol. The molecule has 0 aromatic heterocycles. The minimum atomic E-state index is -1.32. The first-order valence-corrected chi connectivity index (χ1v) is 4.25. The Balaban J connectivity index is 3.41. The van der Waals surface area contributed by atoms with E-state index in [0.29, 0.717) is 0 Å². The van der Waals surface area contributed by atoms with Gasteiger partial charge in [0.2, 0.25) is 0 Å². The molecule has 0 spiro atoms. The van der Waals surface area contributed by atoms with E-state index in [-0.39, 0.29) is 0 Å². The predicted octanol–water partition coefficient (Wildman–Crippen LogP) is 2.92. The zero-order chi connectivity index (χ0) is 10.2. The summed E-state index contributed by atoms with van der Waals surface area (Å²) in [7, 11) is 0. The van der Waals surface area contributed by atoms with Gasteiger partial charge in [-0.05, 0) is 28.9 Å². The van der Waals surface area contributed by atoms with Crippen LogP contribution in [0.15, 0.2) is 10.5 Å². The minimum absolute atomic E-state index is 0.391. The van der Waals surface area contributed by atoms with Crippen LogP contribution in [0.3, 0.4) is 0 Å². The fourth-order valence-corrected chi connectivity index (χ4v) is 1.18. The largest absolute Gasteiger partial charge is 0.389 e. The second kappa shape index (κ2) is 3.67. The van der Waals surface area contributed by atoms with E-state index in [9.17, 15) is 13.2 Å². The fraction of sp³-hybridized carbons (Fsp3) is 0.250. The van der Waals surface area contributed by atoms with Crippen LogP contribution in [0.5, 0.6) is 0 Å². The Labute approximate surface area is 81.3 Å². The quantitative estimate of drug-likeness (QED) is 0.604. The van der Waals surface area contributed by atoms with Crippen LogP contribution in [0.4, 0.5) is 13.2 Å². The van der Waals surface area contributed by atoms with Gasteiger partial charge in [0.25, 0.3) is 0 Å². The van der Waals surface area contributed by atoms with Crippen molar-refractivity contribution in [2.24, 2.45) is 0 Å². The van der Waals surface area contributed by atoms with Gasteiger partial charge in [-0.3, -0.25) is 0 Å². The number of hydrogen-bond acceptors (Lipinski definition) is 1. The molecule has 5 heteroatoms. The lowest BCUT2D eigenvalue weighted by molar-refractivity contribution is 0.192. The Morgan fingerprint density at radius 2 is 1.85 bits per heavy atom. The summed E-state index contributed by atoms with van der Waals surface area (Å²) in [6, 6.07) is 0.757. The normalized spacial score (nSPS) is 13.1. The third kappa shape index (κ3) is 1.86. The molecule has 1 rings (SSSR count). The monoisotopic (exact) mass is 254 g/mol. The van der Waals surface area contributed by atoms with E-state index in [1.165, 1.54) is 6.92 Å². The fourth-order valence-electron chi connectivity index (χ4n) is 0.895. The van der Waals surface area contributed by atoms with Gasteiger partial charge in [-0.1, -0.05) is 0 Å². The summed E-state index contributed by atoms with van der Waals surface area (Å²) in [4.78, 5) is 0. The molecule has 1 aromatic carbocycles. The molecule has 0 amide bonds. The molecule has 0 bridgehead atoms. The van der Waals surface area contributed by atoms with E-state index in [1.807, 2.05) is 0 Å². The maximum absolute atomic E-state index is 13.0. The molecule has 1 unspecified atom stereocenters.